The molecule has 2 N–H and O–H groups in total. The van der Waals surface area contributed by atoms with Crippen molar-refractivity contribution in [1.29, 1.82) is 0 Å². The number of rotatable bonds is 10. The molecule has 0 aromatic rings. The second kappa shape index (κ2) is 7.28. The first kappa shape index (κ1) is 14.8. The Balaban J connectivity index is 1.73. The van der Waals surface area contributed by atoms with Gasteiger partial charge >= 0.3 is 0 Å². The highest BCUT2D eigenvalue weighted by atomic mass is 16.2. The molecule has 0 aliphatic heterocycles. The molecule has 3 heteroatoms. The molecule has 1 unspecified atom stereocenters. The third-order valence-corrected chi connectivity index (χ3v) is 4.50. The van der Waals surface area contributed by atoms with Crippen molar-refractivity contribution in [2.24, 2.45) is 17.6 Å². The summed E-state index contributed by atoms with van der Waals surface area (Å²) >= 11 is 0. The molecule has 2 rings (SSSR count). The average Bonchev–Trinajstić information content (AvgIpc) is 3.27. The third kappa shape index (κ3) is 5.13. The molecular formula is C16H30N2O. The van der Waals surface area contributed by atoms with Gasteiger partial charge in [-0.25, -0.2) is 0 Å². The first-order valence-electron chi connectivity index (χ1n) is 8.24. The molecule has 3 nitrogen and oxygen atoms in total. The van der Waals surface area contributed by atoms with Crippen molar-refractivity contribution >= 4 is 5.91 Å². The van der Waals surface area contributed by atoms with Crippen LogP contribution < -0.4 is 5.73 Å². The van der Waals surface area contributed by atoms with Crippen LogP contribution in [0, 0.1) is 11.8 Å². The normalized spacial score (nSPS) is 20.3. The van der Waals surface area contributed by atoms with E-state index in [-0.39, 0.29) is 0 Å². The molecule has 0 heterocycles. The molecule has 1 atom stereocenters. The van der Waals surface area contributed by atoms with Gasteiger partial charge in [-0.3, -0.25) is 4.79 Å². The summed E-state index contributed by atoms with van der Waals surface area (Å²) in [6.07, 6.45) is 10.4. The first-order chi connectivity index (χ1) is 9.24. The molecule has 2 fully saturated rings. The maximum atomic E-state index is 12.4. The van der Waals surface area contributed by atoms with Crippen LogP contribution in [0.25, 0.3) is 0 Å². The maximum absolute atomic E-state index is 12.4. The zero-order chi connectivity index (χ0) is 13.7. The van der Waals surface area contributed by atoms with Crippen molar-refractivity contribution in [1.82, 2.24) is 4.90 Å². The van der Waals surface area contributed by atoms with Crippen molar-refractivity contribution < 1.29 is 4.79 Å². The van der Waals surface area contributed by atoms with E-state index in [9.17, 15) is 4.79 Å². The Hall–Kier alpha value is -0.570. The Morgan fingerprint density at radius 3 is 2.47 bits per heavy atom. The molecule has 19 heavy (non-hydrogen) atoms. The molecule has 1 amide bonds. The van der Waals surface area contributed by atoms with Crippen LogP contribution in [0.1, 0.15) is 64.7 Å². The van der Waals surface area contributed by atoms with Gasteiger partial charge in [0.2, 0.25) is 5.91 Å². The van der Waals surface area contributed by atoms with E-state index in [1.54, 1.807) is 0 Å². The summed E-state index contributed by atoms with van der Waals surface area (Å²) in [6.45, 7) is 4.01. The molecule has 2 saturated carbocycles. The molecule has 0 bridgehead atoms. The van der Waals surface area contributed by atoms with Gasteiger partial charge in [0.15, 0.2) is 0 Å². The Kier molecular flexibility index (Phi) is 5.68. The van der Waals surface area contributed by atoms with Crippen LogP contribution in [0.5, 0.6) is 0 Å². The quantitative estimate of drug-likeness (QED) is 0.661. The predicted molar refractivity (Wildman–Crippen MR) is 78.8 cm³/mol. The van der Waals surface area contributed by atoms with Gasteiger partial charge in [-0.05, 0) is 56.9 Å². The lowest BCUT2D eigenvalue weighted by Gasteiger charge is -2.23. The van der Waals surface area contributed by atoms with Crippen molar-refractivity contribution in [3.63, 3.8) is 0 Å². The second-order valence-corrected chi connectivity index (χ2v) is 6.49. The summed E-state index contributed by atoms with van der Waals surface area (Å²) in [5.74, 6) is 1.88. The van der Waals surface area contributed by atoms with Crippen LogP contribution in [0.4, 0.5) is 0 Å². The van der Waals surface area contributed by atoms with Gasteiger partial charge in [0.25, 0.3) is 0 Å². The molecule has 0 saturated heterocycles. The van der Waals surface area contributed by atoms with Crippen LogP contribution >= 0.6 is 0 Å². The topological polar surface area (TPSA) is 46.3 Å². The van der Waals surface area contributed by atoms with Crippen molar-refractivity contribution in [2.45, 2.75) is 70.8 Å². The standard InChI is InChI=1S/C16H30N2O/c1-2-3-13(10-11-17)6-9-16(19)18(15-7-8-15)12-14-4-5-14/h13-15H,2-12,17H2,1H3. The van der Waals surface area contributed by atoms with Crippen LogP contribution in [-0.4, -0.2) is 29.9 Å². The highest BCUT2D eigenvalue weighted by Crippen LogP contribution is 2.35. The minimum Gasteiger partial charge on any atom is -0.339 e. The SMILES string of the molecule is CCCC(CCN)CCC(=O)N(CC1CC1)C1CC1. The molecule has 110 valence electrons. The van der Waals surface area contributed by atoms with E-state index in [2.05, 4.69) is 11.8 Å². The van der Waals surface area contributed by atoms with E-state index in [0.29, 0.717) is 17.9 Å². The smallest absolute Gasteiger partial charge is 0.222 e. The van der Waals surface area contributed by atoms with Crippen molar-refractivity contribution in [3.8, 4) is 0 Å². The largest absolute Gasteiger partial charge is 0.339 e. The summed E-state index contributed by atoms with van der Waals surface area (Å²) in [5, 5.41) is 0. The number of nitrogens with zero attached hydrogens (tertiary/aromatic N) is 1. The van der Waals surface area contributed by atoms with E-state index in [1.807, 2.05) is 0 Å². The molecule has 2 aliphatic rings. The fourth-order valence-electron chi connectivity index (χ4n) is 2.97. The summed E-state index contributed by atoms with van der Waals surface area (Å²) in [4.78, 5) is 14.6. The molecular weight excluding hydrogens is 236 g/mol. The number of hydrogen-bond acceptors (Lipinski definition) is 2. The summed E-state index contributed by atoms with van der Waals surface area (Å²) in [6, 6.07) is 0.590. The van der Waals surface area contributed by atoms with E-state index in [1.165, 1.54) is 38.5 Å². The second-order valence-electron chi connectivity index (χ2n) is 6.49. The van der Waals surface area contributed by atoms with Gasteiger partial charge in [-0.15, -0.1) is 0 Å². The number of carbonyl (C=O) groups is 1. The Morgan fingerprint density at radius 2 is 1.95 bits per heavy atom. The summed E-state index contributed by atoms with van der Waals surface area (Å²) in [5.41, 5.74) is 5.66. The number of carbonyl (C=O) groups excluding carboxylic acids is 1. The molecule has 0 spiro atoms. The van der Waals surface area contributed by atoms with Gasteiger partial charge < -0.3 is 10.6 Å². The molecule has 0 aromatic heterocycles. The van der Waals surface area contributed by atoms with E-state index in [4.69, 9.17) is 5.73 Å². The minimum absolute atomic E-state index is 0.410. The van der Waals surface area contributed by atoms with Crippen LogP contribution in [-0.2, 0) is 4.79 Å². The fraction of sp³-hybridized carbons (Fsp3) is 0.938. The van der Waals surface area contributed by atoms with Gasteiger partial charge in [0, 0.05) is 19.0 Å². The maximum Gasteiger partial charge on any atom is 0.222 e. The summed E-state index contributed by atoms with van der Waals surface area (Å²) in [7, 11) is 0. The zero-order valence-electron chi connectivity index (χ0n) is 12.4. The lowest BCUT2D eigenvalue weighted by molar-refractivity contribution is -0.132. The van der Waals surface area contributed by atoms with Crippen LogP contribution in [0.2, 0.25) is 0 Å². The van der Waals surface area contributed by atoms with Gasteiger partial charge in [0.05, 0.1) is 0 Å². The van der Waals surface area contributed by atoms with Crippen molar-refractivity contribution in [2.75, 3.05) is 13.1 Å². The third-order valence-electron chi connectivity index (χ3n) is 4.50. The van der Waals surface area contributed by atoms with Crippen molar-refractivity contribution in [3.05, 3.63) is 0 Å². The Labute approximate surface area is 117 Å². The summed E-state index contributed by atoms with van der Waals surface area (Å²) < 4.78 is 0. The van der Waals surface area contributed by atoms with E-state index in [0.717, 1.165) is 38.3 Å². The lowest BCUT2D eigenvalue weighted by atomic mass is 9.94. The minimum atomic E-state index is 0.410. The van der Waals surface area contributed by atoms with Gasteiger partial charge in [-0.1, -0.05) is 19.8 Å². The number of nitrogens with two attached hydrogens (primary N) is 1. The zero-order valence-corrected chi connectivity index (χ0v) is 12.4. The molecule has 0 aromatic carbocycles. The fourth-order valence-corrected chi connectivity index (χ4v) is 2.97. The van der Waals surface area contributed by atoms with Crippen LogP contribution in [0.3, 0.4) is 0 Å². The Bertz CT molecular complexity index is 278. The molecule has 0 radical (unpaired) electrons. The highest BCUT2D eigenvalue weighted by molar-refractivity contribution is 5.76. The lowest BCUT2D eigenvalue weighted by Crippen LogP contribution is -2.35. The molecule has 2 aliphatic carbocycles. The van der Waals surface area contributed by atoms with E-state index < -0.39 is 0 Å². The Morgan fingerprint density at radius 1 is 1.21 bits per heavy atom. The number of amides is 1. The average molecular weight is 266 g/mol. The predicted octanol–water partition coefficient (Wildman–Crippen LogP) is 2.93. The van der Waals surface area contributed by atoms with Gasteiger partial charge in [0.1, 0.15) is 0 Å². The number of hydrogen-bond donors (Lipinski definition) is 1. The first-order valence-corrected chi connectivity index (χ1v) is 8.24. The van der Waals surface area contributed by atoms with Gasteiger partial charge in [-0.2, -0.15) is 0 Å². The van der Waals surface area contributed by atoms with E-state index >= 15 is 0 Å². The monoisotopic (exact) mass is 266 g/mol. The highest BCUT2D eigenvalue weighted by Gasteiger charge is 2.36. The van der Waals surface area contributed by atoms with Crippen LogP contribution in [0.15, 0.2) is 0 Å².